The highest BCUT2D eigenvalue weighted by atomic mass is 16.5. The van der Waals surface area contributed by atoms with Crippen molar-refractivity contribution >= 4 is 17.8 Å². The number of carbonyl (C=O) groups excluding carboxylic acids is 1. The van der Waals surface area contributed by atoms with E-state index in [2.05, 4.69) is 16.3 Å². The average Bonchev–Trinajstić information content (AvgIpc) is 2.32. The largest absolute Gasteiger partial charge is 0.368 e. The Labute approximate surface area is 88.4 Å². The molecule has 0 N–H and O–H groups in total. The maximum absolute atomic E-state index is 11.7. The van der Waals surface area contributed by atoms with Crippen LogP contribution in [0.2, 0.25) is 0 Å². The number of ketones is 1. The summed E-state index contributed by atoms with van der Waals surface area (Å²) in [5.74, 6) is 0.706. The molecule has 0 unspecified atom stereocenters. The van der Waals surface area contributed by atoms with Gasteiger partial charge in [-0.25, -0.2) is 4.99 Å². The Morgan fingerprint density at radius 2 is 2.20 bits per heavy atom. The second kappa shape index (κ2) is 3.23. The zero-order valence-electron chi connectivity index (χ0n) is 8.53. The molecule has 4 aliphatic rings. The second-order valence-corrected chi connectivity index (χ2v) is 4.55. The summed E-state index contributed by atoms with van der Waals surface area (Å²) in [6.45, 7) is 0.969. The van der Waals surface area contributed by atoms with Gasteiger partial charge in [-0.2, -0.15) is 0 Å². The van der Waals surface area contributed by atoms with Gasteiger partial charge in [-0.3, -0.25) is 9.79 Å². The Morgan fingerprint density at radius 1 is 1.40 bits per heavy atom. The molecule has 1 aliphatic carbocycles. The van der Waals surface area contributed by atoms with E-state index in [-0.39, 0.29) is 12.3 Å². The van der Waals surface area contributed by atoms with Crippen molar-refractivity contribution < 1.29 is 9.53 Å². The van der Waals surface area contributed by atoms with E-state index in [0.29, 0.717) is 11.6 Å². The predicted molar refractivity (Wildman–Crippen MR) is 55.4 cm³/mol. The lowest BCUT2D eigenvalue weighted by Crippen LogP contribution is -2.54. The minimum absolute atomic E-state index is 0.00843. The van der Waals surface area contributed by atoms with Crippen LogP contribution in [0.1, 0.15) is 25.7 Å². The second-order valence-electron chi connectivity index (χ2n) is 4.55. The maximum atomic E-state index is 11.7. The van der Waals surface area contributed by atoms with E-state index < -0.39 is 5.60 Å². The molecular weight excluding hydrogens is 192 g/mol. The molecule has 0 aromatic heterocycles. The number of carbonyl (C=O) groups is 1. The van der Waals surface area contributed by atoms with Crippen LogP contribution in [0.5, 0.6) is 0 Å². The highest BCUT2D eigenvalue weighted by Gasteiger charge is 2.47. The molecule has 0 amide bonds. The average molecular weight is 205 g/mol. The molecular formula is C11H13N2O2. The molecule has 4 rings (SSSR count). The summed E-state index contributed by atoms with van der Waals surface area (Å²) >= 11 is 0. The fraction of sp³-hybridized carbons (Fsp3) is 0.727. The van der Waals surface area contributed by atoms with Crippen LogP contribution in [0.15, 0.2) is 9.98 Å². The van der Waals surface area contributed by atoms with Crippen LogP contribution in [-0.2, 0) is 9.53 Å². The van der Waals surface area contributed by atoms with Crippen LogP contribution in [0.25, 0.3) is 0 Å². The first kappa shape index (κ1) is 9.21. The van der Waals surface area contributed by atoms with Crippen molar-refractivity contribution in [2.24, 2.45) is 15.9 Å². The summed E-state index contributed by atoms with van der Waals surface area (Å²) in [7, 11) is 0. The first-order chi connectivity index (χ1) is 7.30. The Kier molecular flexibility index (Phi) is 1.99. The number of hydrogen-bond donors (Lipinski definition) is 0. The van der Waals surface area contributed by atoms with Gasteiger partial charge in [-0.1, -0.05) is 0 Å². The van der Waals surface area contributed by atoms with E-state index >= 15 is 0 Å². The number of aliphatic imine (C=N–C) groups is 2. The van der Waals surface area contributed by atoms with Crippen LogP contribution < -0.4 is 0 Å². The van der Waals surface area contributed by atoms with Crippen LogP contribution in [0.4, 0.5) is 0 Å². The Bertz CT molecular complexity index is 338. The Balaban J connectivity index is 1.94. The van der Waals surface area contributed by atoms with E-state index in [0.717, 1.165) is 32.3 Å². The van der Waals surface area contributed by atoms with Crippen LogP contribution in [0, 0.1) is 5.92 Å². The van der Waals surface area contributed by atoms with E-state index in [1.165, 1.54) is 0 Å². The van der Waals surface area contributed by atoms with E-state index in [1.807, 2.05) is 0 Å². The van der Waals surface area contributed by atoms with Gasteiger partial charge in [0.25, 0.3) is 0 Å². The maximum Gasteiger partial charge on any atom is 0.201 e. The van der Waals surface area contributed by atoms with Gasteiger partial charge in [0.2, 0.25) is 5.78 Å². The number of nitrogens with zero attached hydrogens (tertiary/aromatic N) is 2. The molecule has 3 heterocycles. The number of rotatable bonds is 1. The lowest BCUT2D eigenvalue weighted by atomic mass is 9.72. The molecule has 3 fully saturated rings. The SMILES string of the molecule is O=C1CN=[C]N=C1C12CCC(CC1)CO2. The van der Waals surface area contributed by atoms with Crippen molar-refractivity contribution in [2.75, 3.05) is 13.2 Å². The van der Waals surface area contributed by atoms with Crippen molar-refractivity contribution in [2.45, 2.75) is 31.3 Å². The first-order valence-corrected chi connectivity index (χ1v) is 5.47. The lowest BCUT2D eigenvalue weighted by molar-refractivity contribution is -0.120. The van der Waals surface area contributed by atoms with Gasteiger partial charge in [-0.15, -0.1) is 0 Å². The quantitative estimate of drug-likeness (QED) is 0.638. The van der Waals surface area contributed by atoms with Gasteiger partial charge >= 0.3 is 0 Å². The Hall–Kier alpha value is -1.03. The van der Waals surface area contributed by atoms with Crippen LogP contribution in [0.3, 0.4) is 0 Å². The molecule has 3 aliphatic heterocycles. The molecule has 15 heavy (non-hydrogen) atoms. The van der Waals surface area contributed by atoms with Crippen LogP contribution >= 0.6 is 0 Å². The van der Waals surface area contributed by atoms with Crippen molar-refractivity contribution in [1.29, 1.82) is 0 Å². The third-order valence-corrected chi connectivity index (χ3v) is 3.66. The number of fused-ring (bicyclic) bond motifs is 3. The van der Waals surface area contributed by atoms with Gasteiger partial charge in [0.05, 0.1) is 6.61 Å². The molecule has 4 nitrogen and oxygen atoms in total. The highest BCUT2D eigenvalue weighted by molar-refractivity contribution is 6.45. The van der Waals surface area contributed by atoms with Crippen molar-refractivity contribution in [3.63, 3.8) is 0 Å². The molecule has 1 saturated carbocycles. The number of hydrogen-bond acceptors (Lipinski definition) is 4. The van der Waals surface area contributed by atoms with E-state index in [9.17, 15) is 4.79 Å². The normalized spacial score (nSPS) is 39.3. The number of Topliss-reactive ketones (excluding diaryl/α,β-unsaturated/α-hetero) is 1. The molecule has 0 aromatic carbocycles. The molecule has 1 radical (unpaired) electrons. The fourth-order valence-corrected chi connectivity index (χ4v) is 2.72. The monoisotopic (exact) mass is 205 g/mol. The smallest absolute Gasteiger partial charge is 0.201 e. The number of ether oxygens (including phenoxy) is 1. The highest BCUT2D eigenvalue weighted by Crippen LogP contribution is 2.42. The lowest BCUT2D eigenvalue weighted by Gasteiger charge is -2.46. The predicted octanol–water partition coefficient (Wildman–Crippen LogP) is 0.875. The standard InChI is InChI=1S/C11H13N2O2/c14-9-5-12-7-13-10(9)11-3-1-8(2-4-11)6-15-11/h8H,1-6H2. The first-order valence-electron chi connectivity index (χ1n) is 5.47. The Morgan fingerprint density at radius 3 is 2.80 bits per heavy atom. The summed E-state index contributed by atoms with van der Waals surface area (Å²) < 4.78 is 5.84. The van der Waals surface area contributed by atoms with Gasteiger partial charge in [0.1, 0.15) is 17.9 Å². The fourth-order valence-electron chi connectivity index (χ4n) is 2.72. The van der Waals surface area contributed by atoms with Crippen molar-refractivity contribution in [3.05, 3.63) is 0 Å². The van der Waals surface area contributed by atoms with E-state index in [1.54, 1.807) is 0 Å². The minimum atomic E-state index is -0.394. The molecule has 79 valence electrons. The van der Waals surface area contributed by atoms with Gasteiger partial charge in [-0.05, 0) is 31.6 Å². The topological polar surface area (TPSA) is 51.0 Å². The minimum Gasteiger partial charge on any atom is -0.368 e. The summed E-state index contributed by atoms with van der Waals surface area (Å²) in [5.41, 5.74) is 0.171. The molecule has 4 heteroatoms. The molecule has 2 bridgehead atoms. The van der Waals surface area contributed by atoms with Crippen LogP contribution in [-0.4, -0.2) is 36.6 Å². The van der Waals surface area contributed by atoms with Crippen molar-refractivity contribution in [3.8, 4) is 0 Å². The summed E-state index contributed by atoms with van der Waals surface area (Å²) in [6, 6.07) is 0. The zero-order valence-corrected chi connectivity index (χ0v) is 8.53. The third-order valence-electron chi connectivity index (χ3n) is 3.66. The summed E-state index contributed by atoms with van der Waals surface area (Å²) in [5, 5.41) is 0. The molecule has 0 aromatic rings. The summed E-state index contributed by atoms with van der Waals surface area (Å²) in [6.07, 6.45) is 6.73. The molecule has 2 saturated heterocycles. The van der Waals surface area contributed by atoms with Gasteiger partial charge < -0.3 is 4.74 Å². The van der Waals surface area contributed by atoms with E-state index in [4.69, 9.17) is 4.74 Å². The van der Waals surface area contributed by atoms with Crippen molar-refractivity contribution in [1.82, 2.24) is 0 Å². The molecule has 0 atom stereocenters. The third kappa shape index (κ3) is 1.35. The van der Waals surface area contributed by atoms with Gasteiger partial charge in [0.15, 0.2) is 6.34 Å². The summed E-state index contributed by atoms with van der Waals surface area (Å²) in [4.78, 5) is 19.5. The molecule has 0 spiro atoms. The van der Waals surface area contributed by atoms with Gasteiger partial charge in [0, 0.05) is 0 Å². The zero-order chi connectivity index (χ0) is 10.3.